The first kappa shape index (κ1) is 20.5. The molecule has 0 spiro atoms. The van der Waals surface area contributed by atoms with E-state index in [1.807, 2.05) is 0 Å². The maximum Gasteiger partial charge on any atom is 0.252 e. The quantitative estimate of drug-likeness (QED) is 0.563. The SMILES string of the molecule is COc1cccc(S(=O)(=O)N2CCCC(OCc3nc(-c4ccncc4)no3)C2)c1. The molecule has 0 N–H and O–H groups in total. The third-order valence-electron chi connectivity index (χ3n) is 4.87. The van der Waals surface area contributed by atoms with Gasteiger partial charge in [0, 0.05) is 37.1 Å². The van der Waals surface area contributed by atoms with E-state index in [0.29, 0.717) is 30.4 Å². The Labute approximate surface area is 174 Å². The van der Waals surface area contributed by atoms with Crippen molar-refractivity contribution in [1.29, 1.82) is 0 Å². The molecule has 1 aromatic carbocycles. The van der Waals surface area contributed by atoms with Gasteiger partial charge in [0.25, 0.3) is 5.89 Å². The normalized spacial score (nSPS) is 17.7. The van der Waals surface area contributed by atoms with Crippen molar-refractivity contribution >= 4 is 10.0 Å². The summed E-state index contributed by atoms with van der Waals surface area (Å²) in [6, 6.07) is 10.1. The van der Waals surface area contributed by atoms with Gasteiger partial charge in [-0.1, -0.05) is 11.2 Å². The maximum absolute atomic E-state index is 13.0. The van der Waals surface area contributed by atoms with Crippen molar-refractivity contribution in [2.45, 2.75) is 30.4 Å². The minimum atomic E-state index is -3.63. The predicted molar refractivity (Wildman–Crippen MR) is 107 cm³/mol. The monoisotopic (exact) mass is 430 g/mol. The Balaban J connectivity index is 1.39. The van der Waals surface area contributed by atoms with Gasteiger partial charge in [0.15, 0.2) is 0 Å². The molecule has 0 bridgehead atoms. The highest BCUT2D eigenvalue weighted by Crippen LogP contribution is 2.25. The fourth-order valence-electron chi connectivity index (χ4n) is 3.29. The molecular weight excluding hydrogens is 408 g/mol. The summed E-state index contributed by atoms with van der Waals surface area (Å²) in [4.78, 5) is 8.49. The van der Waals surface area contributed by atoms with Gasteiger partial charge in [-0.15, -0.1) is 0 Å². The van der Waals surface area contributed by atoms with E-state index in [1.165, 1.54) is 17.5 Å². The lowest BCUT2D eigenvalue weighted by molar-refractivity contribution is -0.00296. The lowest BCUT2D eigenvalue weighted by Gasteiger charge is -2.31. The number of benzene rings is 1. The third-order valence-corrected chi connectivity index (χ3v) is 6.73. The second kappa shape index (κ2) is 8.90. The van der Waals surface area contributed by atoms with Crippen LogP contribution < -0.4 is 4.74 Å². The smallest absolute Gasteiger partial charge is 0.252 e. The molecule has 1 atom stereocenters. The van der Waals surface area contributed by atoms with Gasteiger partial charge in [-0.05, 0) is 37.1 Å². The van der Waals surface area contributed by atoms with Crippen LogP contribution in [-0.4, -0.2) is 54.2 Å². The molecule has 30 heavy (non-hydrogen) atoms. The first-order valence-corrected chi connectivity index (χ1v) is 11.0. The van der Waals surface area contributed by atoms with Crippen LogP contribution in [-0.2, 0) is 21.4 Å². The first-order chi connectivity index (χ1) is 14.6. The Bertz CT molecular complexity index is 1090. The van der Waals surface area contributed by atoms with Crippen LogP contribution in [0.3, 0.4) is 0 Å². The van der Waals surface area contributed by atoms with Gasteiger partial charge in [-0.25, -0.2) is 8.42 Å². The van der Waals surface area contributed by atoms with Gasteiger partial charge in [0.2, 0.25) is 15.8 Å². The maximum atomic E-state index is 13.0. The van der Waals surface area contributed by atoms with Crippen LogP contribution in [0.15, 0.2) is 58.2 Å². The van der Waals surface area contributed by atoms with Crippen molar-refractivity contribution in [3.05, 3.63) is 54.7 Å². The molecule has 0 amide bonds. The minimum absolute atomic E-state index is 0.121. The standard InChI is InChI=1S/C20H22N4O5S/c1-27-16-4-2-6-18(12-16)30(25,26)24-11-3-5-17(13-24)28-14-19-22-20(23-29-19)15-7-9-21-10-8-15/h2,4,6-10,12,17H,3,5,11,13-14H2,1H3. The fraction of sp³-hybridized carbons (Fsp3) is 0.350. The number of rotatable bonds is 7. The van der Waals surface area contributed by atoms with Crippen LogP contribution in [0.5, 0.6) is 5.75 Å². The number of methoxy groups -OCH3 is 1. The van der Waals surface area contributed by atoms with Crippen molar-refractivity contribution in [1.82, 2.24) is 19.4 Å². The van der Waals surface area contributed by atoms with E-state index in [2.05, 4.69) is 15.1 Å². The van der Waals surface area contributed by atoms with E-state index in [0.717, 1.165) is 12.0 Å². The molecule has 1 unspecified atom stereocenters. The second-order valence-corrected chi connectivity index (χ2v) is 8.80. The zero-order chi connectivity index (χ0) is 21.0. The van der Waals surface area contributed by atoms with Gasteiger partial charge in [-0.3, -0.25) is 4.98 Å². The molecule has 9 nitrogen and oxygen atoms in total. The lowest BCUT2D eigenvalue weighted by atomic mass is 10.1. The second-order valence-electron chi connectivity index (χ2n) is 6.86. The Kier molecular flexibility index (Phi) is 6.07. The van der Waals surface area contributed by atoms with E-state index < -0.39 is 10.0 Å². The topological polar surface area (TPSA) is 108 Å². The summed E-state index contributed by atoms with van der Waals surface area (Å²) >= 11 is 0. The molecule has 4 rings (SSSR count). The molecule has 1 aliphatic heterocycles. The van der Waals surface area contributed by atoms with Crippen LogP contribution in [0.4, 0.5) is 0 Å². The lowest BCUT2D eigenvalue weighted by Crippen LogP contribution is -2.43. The van der Waals surface area contributed by atoms with Gasteiger partial charge in [-0.2, -0.15) is 9.29 Å². The van der Waals surface area contributed by atoms with Crippen LogP contribution in [0.25, 0.3) is 11.4 Å². The highest BCUT2D eigenvalue weighted by atomic mass is 32.2. The highest BCUT2D eigenvalue weighted by molar-refractivity contribution is 7.89. The number of sulfonamides is 1. The summed E-state index contributed by atoms with van der Waals surface area (Å²) in [6.45, 7) is 0.840. The number of pyridine rings is 1. The molecule has 1 saturated heterocycles. The molecule has 2 aromatic heterocycles. The van der Waals surface area contributed by atoms with Crippen LogP contribution in [0.2, 0.25) is 0 Å². The molecule has 3 heterocycles. The zero-order valence-electron chi connectivity index (χ0n) is 16.5. The fourth-order valence-corrected chi connectivity index (χ4v) is 4.84. The van der Waals surface area contributed by atoms with Crippen LogP contribution in [0, 0.1) is 0 Å². The van der Waals surface area contributed by atoms with E-state index in [1.54, 1.807) is 42.7 Å². The van der Waals surface area contributed by atoms with Gasteiger partial charge in [0.1, 0.15) is 12.4 Å². The molecule has 0 saturated carbocycles. The number of hydrogen-bond acceptors (Lipinski definition) is 8. The zero-order valence-corrected chi connectivity index (χ0v) is 17.3. The van der Waals surface area contributed by atoms with Gasteiger partial charge < -0.3 is 14.0 Å². The van der Waals surface area contributed by atoms with Gasteiger partial charge in [0.05, 0.1) is 18.1 Å². The summed E-state index contributed by atoms with van der Waals surface area (Å²) < 4.78 is 43.7. The highest BCUT2D eigenvalue weighted by Gasteiger charge is 2.31. The van der Waals surface area contributed by atoms with Crippen molar-refractivity contribution in [2.24, 2.45) is 0 Å². The minimum Gasteiger partial charge on any atom is -0.497 e. The number of aromatic nitrogens is 3. The Morgan fingerprint density at radius 2 is 2.07 bits per heavy atom. The molecular formula is C20H22N4O5S. The van der Waals surface area contributed by atoms with Crippen molar-refractivity contribution in [2.75, 3.05) is 20.2 Å². The number of ether oxygens (including phenoxy) is 2. The van der Waals surface area contributed by atoms with Crippen LogP contribution in [0.1, 0.15) is 18.7 Å². The third kappa shape index (κ3) is 4.50. The number of piperidine rings is 1. The molecule has 1 aliphatic rings. The summed E-state index contributed by atoms with van der Waals surface area (Å²) in [5.41, 5.74) is 0.799. The first-order valence-electron chi connectivity index (χ1n) is 9.55. The van der Waals surface area contributed by atoms with E-state index in [9.17, 15) is 8.42 Å². The summed E-state index contributed by atoms with van der Waals surface area (Å²) in [7, 11) is -2.12. The molecule has 1 fully saturated rings. The van der Waals surface area contributed by atoms with Gasteiger partial charge >= 0.3 is 0 Å². The molecule has 3 aromatic rings. The molecule has 0 radical (unpaired) electrons. The van der Waals surface area contributed by atoms with Crippen molar-refractivity contribution in [3.63, 3.8) is 0 Å². The predicted octanol–water partition coefficient (Wildman–Crippen LogP) is 2.51. The Morgan fingerprint density at radius 1 is 1.23 bits per heavy atom. The average molecular weight is 430 g/mol. The van der Waals surface area contributed by atoms with Crippen molar-refractivity contribution in [3.8, 4) is 17.1 Å². The molecule has 10 heteroatoms. The van der Waals surface area contributed by atoms with E-state index in [4.69, 9.17) is 14.0 Å². The number of hydrogen-bond donors (Lipinski definition) is 0. The molecule has 158 valence electrons. The number of nitrogens with zero attached hydrogens (tertiary/aromatic N) is 4. The molecule has 0 aliphatic carbocycles. The Hall–Kier alpha value is -2.82. The summed E-state index contributed by atoms with van der Waals surface area (Å²) in [5, 5.41) is 3.95. The van der Waals surface area contributed by atoms with Crippen molar-refractivity contribution < 1.29 is 22.4 Å². The van der Waals surface area contributed by atoms with Crippen LogP contribution >= 0.6 is 0 Å². The summed E-state index contributed by atoms with van der Waals surface area (Å²) in [6.07, 6.45) is 4.52. The van der Waals surface area contributed by atoms with E-state index >= 15 is 0 Å². The Morgan fingerprint density at radius 3 is 2.87 bits per heavy atom. The average Bonchev–Trinajstić information content (AvgIpc) is 3.28. The largest absolute Gasteiger partial charge is 0.497 e. The summed E-state index contributed by atoms with van der Waals surface area (Å²) in [5.74, 6) is 1.30. The van der Waals surface area contributed by atoms with E-state index in [-0.39, 0.29) is 24.2 Å².